The molecule has 0 aliphatic heterocycles. The summed E-state index contributed by atoms with van der Waals surface area (Å²) in [6.45, 7) is 2.06. The molecule has 0 saturated carbocycles. The summed E-state index contributed by atoms with van der Waals surface area (Å²) in [5, 5.41) is 1.73. The van der Waals surface area contributed by atoms with Crippen molar-refractivity contribution in [2.75, 3.05) is 7.11 Å². The Bertz CT molecular complexity index is 491. The van der Waals surface area contributed by atoms with Gasteiger partial charge in [-0.2, -0.15) is 0 Å². The van der Waals surface area contributed by atoms with Gasteiger partial charge < -0.3 is 4.74 Å². The summed E-state index contributed by atoms with van der Waals surface area (Å²) in [7, 11) is 1.65. The summed E-state index contributed by atoms with van der Waals surface area (Å²) < 4.78 is 5.16. The molecule has 2 rings (SSSR count). The molecule has 0 fully saturated rings. The van der Waals surface area contributed by atoms with E-state index in [2.05, 4.69) is 11.9 Å². The minimum absolute atomic E-state index is 0.779. The molecular formula is C12H12ClNO. The highest BCUT2D eigenvalue weighted by atomic mass is 35.5. The first-order valence-electron chi connectivity index (χ1n) is 4.87. The van der Waals surface area contributed by atoms with Crippen LogP contribution in [0.1, 0.15) is 12.5 Å². The van der Waals surface area contributed by atoms with Crippen molar-refractivity contribution in [1.29, 1.82) is 0 Å². The van der Waals surface area contributed by atoms with Gasteiger partial charge in [0.2, 0.25) is 0 Å². The third-order valence-electron chi connectivity index (χ3n) is 2.46. The Kier molecular flexibility index (Phi) is 2.78. The van der Waals surface area contributed by atoms with Crippen molar-refractivity contribution in [3.63, 3.8) is 0 Å². The van der Waals surface area contributed by atoms with Gasteiger partial charge in [-0.05, 0) is 30.2 Å². The highest BCUT2D eigenvalue weighted by molar-refractivity contribution is 6.36. The average Bonchev–Trinajstić information content (AvgIpc) is 2.29. The standard InChI is InChI=1S/C12H12ClNO/c1-3-8-7-14-11-5-4-9(15-2)6-10(11)12(8)13/h4-7H,3H2,1-2H3. The molecule has 2 nitrogen and oxygen atoms in total. The van der Waals surface area contributed by atoms with Crippen LogP contribution < -0.4 is 4.74 Å². The monoisotopic (exact) mass is 221 g/mol. The lowest BCUT2D eigenvalue weighted by atomic mass is 10.1. The highest BCUT2D eigenvalue weighted by Gasteiger charge is 2.06. The fraction of sp³-hybridized carbons (Fsp3) is 0.250. The third kappa shape index (κ3) is 1.77. The lowest BCUT2D eigenvalue weighted by Crippen LogP contribution is -1.89. The van der Waals surface area contributed by atoms with Crippen molar-refractivity contribution in [1.82, 2.24) is 4.98 Å². The number of pyridine rings is 1. The normalized spacial score (nSPS) is 10.6. The van der Waals surface area contributed by atoms with Gasteiger partial charge in [0, 0.05) is 11.6 Å². The molecule has 78 valence electrons. The molecule has 2 aromatic rings. The van der Waals surface area contributed by atoms with Crippen LogP contribution in [0, 0.1) is 0 Å². The minimum atomic E-state index is 0.779. The van der Waals surface area contributed by atoms with E-state index in [1.807, 2.05) is 24.4 Å². The van der Waals surface area contributed by atoms with E-state index in [1.54, 1.807) is 7.11 Å². The molecule has 1 aromatic carbocycles. The summed E-state index contributed by atoms with van der Waals surface area (Å²) >= 11 is 6.28. The number of hydrogen-bond acceptors (Lipinski definition) is 2. The number of nitrogens with zero attached hydrogens (tertiary/aromatic N) is 1. The van der Waals surface area contributed by atoms with Gasteiger partial charge in [0.05, 0.1) is 17.6 Å². The maximum absolute atomic E-state index is 6.28. The maximum Gasteiger partial charge on any atom is 0.119 e. The number of methoxy groups -OCH3 is 1. The summed E-state index contributed by atoms with van der Waals surface area (Å²) in [6.07, 6.45) is 2.72. The lowest BCUT2D eigenvalue weighted by Gasteiger charge is -2.06. The van der Waals surface area contributed by atoms with Gasteiger partial charge in [-0.25, -0.2) is 0 Å². The molecule has 0 aliphatic rings. The quantitative estimate of drug-likeness (QED) is 0.775. The molecule has 0 N–H and O–H groups in total. The Balaban J connectivity index is 2.72. The zero-order chi connectivity index (χ0) is 10.8. The second kappa shape index (κ2) is 4.07. The Labute approximate surface area is 93.8 Å². The van der Waals surface area contributed by atoms with Crippen molar-refractivity contribution >= 4 is 22.5 Å². The third-order valence-corrected chi connectivity index (χ3v) is 2.91. The molecule has 3 heteroatoms. The van der Waals surface area contributed by atoms with Crippen LogP contribution in [-0.2, 0) is 6.42 Å². The Morgan fingerprint density at radius 2 is 2.20 bits per heavy atom. The van der Waals surface area contributed by atoms with E-state index in [0.29, 0.717) is 0 Å². The van der Waals surface area contributed by atoms with Crippen molar-refractivity contribution in [2.45, 2.75) is 13.3 Å². The van der Waals surface area contributed by atoms with Gasteiger partial charge in [0.15, 0.2) is 0 Å². The Hall–Kier alpha value is -1.28. The van der Waals surface area contributed by atoms with Crippen LogP contribution in [0.15, 0.2) is 24.4 Å². The minimum Gasteiger partial charge on any atom is -0.497 e. The topological polar surface area (TPSA) is 22.1 Å². The first-order chi connectivity index (χ1) is 7.26. The van der Waals surface area contributed by atoms with Gasteiger partial charge in [-0.3, -0.25) is 4.98 Å². The summed E-state index contributed by atoms with van der Waals surface area (Å²) in [6, 6.07) is 5.72. The van der Waals surface area contributed by atoms with E-state index in [0.717, 1.165) is 33.7 Å². The van der Waals surface area contributed by atoms with E-state index in [-0.39, 0.29) is 0 Å². The predicted molar refractivity (Wildman–Crippen MR) is 62.7 cm³/mol. The van der Waals surface area contributed by atoms with Crippen molar-refractivity contribution in [2.24, 2.45) is 0 Å². The van der Waals surface area contributed by atoms with E-state index >= 15 is 0 Å². The zero-order valence-electron chi connectivity index (χ0n) is 8.75. The summed E-state index contributed by atoms with van der Waals surface area (Å²) in [5.74, 6) is 0.805. The van der Waals surface area contributed by atoms with Crippen molar-refractivity contribution in [3.05, 3.63) is 35.0 Å². The van der Waals surface area contributed by atoms with Crippen LogP contribution >= 0.6 is 11.6 Å². The number of fused-ring (bicyclic) bond motifs is 1. The van der Waals surface area contributed by atoms with E-state index in [9.17, 15) is 0 Å². The molecule has 0 unspecified atom stereocenters. The van der Waals surface area contributed by atoms with Crippen LogP contribution in [-0.4, -0.2) is 12.1 Å². The van der Waals surface area contributed by atoms with Gasteiger partial charge in [0.1, 0.15) is 5.75 Å². The lowest BCUT2D eigenvalue weighted by molar-refractivity contribution is 0.415. The van der Waals surface area contributed by atoms with Crippen LogP contribution in [0.5, 0.6) is 5.75 Å². The fourth-order valence-corrected chi connectivity index (χ4v) is 1.89. The number of benzene rings is 1. The zero-order valence-corrected chi connectivity index (χ0v) is 9.51. The Morgan fingerprint density at radius 3 is 2.87 bits per heavy atom. The number of rotatable bonds is 2. The Morgan fingerprint density at radius 1 is 1.40 bits per heavy atom. The second-order valence-electron chi connectivity index (χ2n) is 3.33. The number of hydrogen-bond donors (Lipinski definition) is 0. The fourth-order valence-electron chi connectivity index (χ4n) is 1.55. The van der Waals surface area contributed by atoms with E-state index in [4.69, 9.17) is 16.3 Å². The van der Waals surface area contributed by atoms with Gasteiger partial charge in [0.25, 0.3) is 0 Å². The predicted octanol–water partition coefficient (Wildman–Crippen LogP) is 3.46. The molecule has 0 amide bonds. The first-order valence-corrected chi connectivity index (χ1v) is 5.25. The molecule has 0 atom stereocenters. The number of ether oxygens (including phenoxy) is 1. The van der Waals surface area contributed by atoms with Gasteiger partial charge >= 0.3 is 0 Å². The van der Waals surface area contributed by atoms with Crippen molar-refractivity contribution < 1.29 is 4.74 Å². The molecule has 0 saturated heterocycles. The van der Waals surface area contributed by atoms with Crippen LogP contribution in [0.3, 0.4) is 0 Å². The first kappa shape index (κ1) is 10.2. The largest absolute Gasteiger partial charge is 0.497 e. The van der Waals surface area contributed by atoms with E-state index < -0.39 is 0 Å². The van der Waals surface area contributed by atoms with Crippen LogP contribution in [0.2, 0.25) is 5.02 Å². The average molecular weight is 222 g/mol. The molecular weight excluding hydrogens is 210 g/mol. The van der Waals surface area contributed by atoms with Gasteiger partial charge in [-0.1, -0.05) is 18.5 Å². The highest BCUT2D eigenvalue weighted by Crippen LogP contribution is 2.28. The maximum atomic E-state index is 6.28. The van der Waals surface area contributed by atoms with Crippen molar-refractivity contribution in [3.8, 4) is 5.75 Å². The summed E-state index contributed by atoms with van der Waals surface area (Å²) in [4.78, 5) is 4.35. The molecule has 0 radical (unpaired) electrons. The SMILES string of the molecule is CCc1cnc2ccc(OC)cc2c1Cl. The molecule has 0 spiro atoms. The summed E-state index contributed by atoms with van der Waals surface area (Å²) in [5.41, 5.74) is 1.97. The molecule has 0 bridgehead atoms. The number of aromatic nitrogens is 1. The smallest absolute Gasteiger partial charge is 0.119 e. The molecule has 0 aliphatic carbocycles. The molecule has 1 heterocycles. The number of halogens is 1. The molecule has 15 heavy (non-hydrogen) atoms. The van der Waals surface area contributed by atoms with E-state index in [1.165, 1.54) is 0 Å². The second-order valence-corrected chi connectivity index (χ2v) is 3.71. The number of aryl methyl sites for hydroxylation is 1. The van der Waals surface area contributed by atoms with Gasteiger partial charge in [-0.15, -0.1) is 0 Å². The van der Waals surface area contributed by atoms with Crippen LogP contribution in [0.25, 0.3) is 10.9 Å². The van der Waals surface area contributed by atoms with Crippen LogP contribution in [0.4, 0.5) is 0 Å². The molecule has 1 aromatic heterocycles.